The van der Waals surface area contributed by atoms with Gasteiger partial charge in [0, 0.05) is 31.3 Å². The lowest BCUT2D eigenvalue weighted by molar-refractivity contribution is -0.384. The summed E-state index contributed by atoms with van der Waals surface area (Å²) in [6, 6.07) is 24.2. The molecule has 0 aliphatic rings. The van der Waals surface area contributed by atoms with Gasteiger partial charge in [0.1, 0.15) is 5.82 Å². The Bertz CT molecular complexity index is 1900. The molecule has 42 heavy (non-hydrogen) atoms. The van der Waals surface area contributed by atoms with Crippen LogP contribution in [0.15, 0.2) is 107 Å². The molecule has 5 aromatic rings. The number of benzene rings is 4. The number of aromatic nitrogens is 1. The minimum Gasteiger partial charge on any atom is -0.267 e. The average molecular weight is 604 g/mol. The highest BCUT2D eigenvalue weighted by Crippen LogP contribution is 2.31. The van der Waals surface area contributed by atoms with Crippen molar-refractivity contribution in [3.63, 3.8) is 0 Å². The summed E-state index contributed by atoms with van der Waals surface area (Å²) in [5, 5.41) is 16.4. The van der Waals surface area contributed by atoms with Crippen molar-refractivity contribution in [3.05, 3.63) is 130 Å². The first kappa shape index (κ1) is 28.7. The summed E-state index contributed by atoms with van der Waals surface area (Å²) in [6.45, 7) is 0.174. The van der Waals surface area contributed by atoms with Crippen LogP contribution in [0.5, 0.6) is 0 Å². The molecule has 0 fully saturated rings. The van der Waals surface area contributed by atoms with Gasteiger partial charge in [-0.1, -0.05) is 41.7 Å². The molecule has 0 radical (unpaired) electrons. The summed E-state index contributed by atoms with van der Waals surface area (Å²) in [5.74, 6) is -1.08. The van der Waals surface area contributed by atoms with Crippen molar-refractivity contribution >= 4 is 54.5 Å². The number of hydrogen-bond acceptors (Lipinski definition) is 8. The van der Waals surface area contributed by atoms with E-state index in [0.717, 1.165) is 21.9 Å². The molecule has 10 nitrogen and oxygen atoms in total. The van der Waals surface area contributed by atoms with E-state index in [1.54, 1.807) is 0 Å². The number of nitro groups is 1. The van der Waals surface area contributed by atoms with E-state index < -0.39 is 26.7 Å². The maximum atomic E-state index is 13.8. The maximum absolute atomic E-state index is 13.8. The van der Waals surface area contributed by atoms with Crippen molar-refractivity contribution in [2.24, 2.45) is 5.10 Å². The molecule has 1 amide bonds. The highest BCUT2D eigenvalue weighted by atomic mass is 32.2. The summed E-state index contributed by atoms with van der Waals surface area (Å²) in [5.41, 5.74) is 1.80. The minimum absolute atomic E-state index is 0.00822. The number of sulfonamides is 1. The van der Waals surface area contributed by atoms with Crippen LogP contribution in [-0.2, 0) is 16.6 Å². The van der Waals surface area contributed by atoms with Crippen LogP contribution in [-0.4, -0.2) is 41.8 Å². The molecular weight excluding hydrogens is 581 g/mol. The van der Waals surface area contributed by atoms with Crippen LogP contribution in [0.1, 0.15) is 21.5 Å². The van der Waals surface area contributed by atoms with E-state index in [1.165, 1.54) is 84.3 Å². The summed E-state index contributed by atoms with van der Waals surface area (Å²) < 4.78 is 41.8. The molecule has 0 atom stereocenters. The second kappa shape index (κ2) is 11.9. The molecule has 4 aromatic carbocycles. The van der Waals surface area contributed by atoms with Crippen molar-refractivity contribution < 1.29 is 22.5 Å². The third-order valence-electron chi connectivity index (χ3n) is 6.20. The molecule has 0 spiro atoms. The molecule has 1 aromatic heterocycles. The predicted molar refractivity (Wildman–Crippen MR) is 159 cm³/mol. The Morgan fingerprint density at radius 3 is 2.38 bits per heavy atom. The first-order valence-corrected chi connectivity index (χ1v) is 14.7. The lowest BCUT2D eigenvalue weighted by Gasteiger charge is -2.18. The number of fused-ring (bicyclic) bond motifs is 1. The van der Waals surface area contributed by atoms with Crippen LogP contribution in [0.3, 0.4) is 0 Å². The third kappa shape index (κ3) is 6.22. The third-order valence-corrected chi connectivity index (χ3v) is 9.01. The zero-order valence-electron chi connectivity index (χ0n) is 22.0. The zero-order valence-corrected chi connectivity index (χ0v) is 23.6. The quantitative estimate of drug-likeness (QED) is 0.118. The highest BCUT2D eigenvalue weighted by Gasteiger charge is 2.24. The van der Waals surface area contributed by atoms with Crippen LogP contribution in [0.4, 0.5) is 15.2 Å². The summed E-state index contributed by atoms with van der Waals surface area (Å²) in [4.78, 5) is 28.5. The Morgan fingerprint density at radius 1 is 1.02 bits per heavy atom. The monoisotopic (exact) mass is 603 g/mol. The van der Waals surface area contributed by atoms with Crippen LogP contribution < -0.4 is 5.01 Å². The second-order valence-corrected chi connectivity index (χ2v) is 12.1. The molecule has 0 saturated carbocycles. The Labute approximate surface area is 244 Å². The largest absolute Gasteiger partial charge is 0.280 e. The molecule has 0 N–H and O–H groups in total. The lowest BCUT2D eigenvalue weighted by Crippen LogP contribution is -2.27. The van der Waals surface area contributed by atoms with E-state index in [4.69, 9.17) is 0 Å². The maximum Gasteiger partial charge on any atom is 0.280 e. The van der Waals surface area contributed by atoms with Gasteiger partial charge in [-0.3, -0.25) is 14.9 Å². The normalized spacial score (nSPS) is 11.8. The van der Waals surface area contributed by atoms with Gasteiger partial charge in [-0.2, -0.15) is 14.4 Å². The Kier molecular flexibility index (Phi) is 8.15. The number of carbonyl (C=O) groups excluding carboxylic acids is 1. The van der Waals surface area contributed by atoms with E-state index in [2.05, 4.69) is 10.1 Å². The van der Waals surface area contributed by atoms with Crippen molar-refractivity contribution in [1.29, 1.82) is 0 Å². The topological polar surface area (TPSA) is 126 Å². The van der Waals surface area contributed by atoms with Crippen molar-refractivity contribution in [1.82, 2.24) is 9.29 Å². The van der Waals surface area contributed by atoms with Crippen LogP contribution in [0.2, 0.25) is 0 Å². The van der Waals surface area contributed by atoms with Gasteiger partial charge in [0.05, 0.1) is 26.3 Å². The number of nitrogens with zero attached hydrogens (tertiary/aromatic N) is 5. The number of halogens is 1. The van der Waals surface area contributed by atoms with E-state index >= 15 is 0 Å². The Morgan fingerprint density at radius 2 is 1.71 bits per heavy atom. The summed E-state index contributed by atoms with van der Waals surface area (Å²) in [7, 11) is -2.37. The SMILES string of the molecule is CN(Cc1ccccc1)S(=O)(=O)c1ccc(C(=O)N(/N=C/c2ccc([N+](=O)[O-])cc2)c2nc3ccc(F)cc3s2)cc1. The van der Waals surface area contributed by atoms with E-state index in [9.17, 15) is 27.7 Å². The molecule has 0 aliphatic heterocycles. The highest BCUT2D eigenvalue weighted by molar-refractivity contribution is 7.89. The standard InChI is InChI=1S/C29H22FN5O5S2/c1-33(19-21-5-3-2-4-6-21)42(39,40)25-14-9-22(10-15-25)28(36)34(29-32-26-16-11-23(30)17-27(26)41-29)31-18-20-7-12-24(13-8-20)35(37)38/h2-18H,19H2,1H3/b31-18+. The van der Waals surface area contributed by atoms with Gasteiger partial charge in [0.25, 0.3) is 11.6 Å². The van der Waals surface area contributed by atoms with Gasteiger partial charge in [0.2, 0.25) is 15.2 Å². The number of hydrogen-bond donors (Lipinski definition) is 0. The van der Waals surface area contributed by atoms with E-state index in [0.29, 0.717) is 15.8 Å². The van der Waals surface area contributed by atoms with Gasteiger partial charge in [-0.25, -0.2) is 17.8 Å². The summed E-state index contributed by atoms with van der Waals surface area (Å²) >= 11 is 1.04. The Balaban J connectivity index is 1.44. The predicted octanol–water partition coefficient (Wildman–Crippen LogP) is 5.85. The number of carbonyl (C=O) groups is 1. The average Bonchev–Trinajstić information content (AvgIpc) is 3.40. The van der Waals surface area contributed by atoms with Crippen LogP contribution >= 0.6 is 11.3 Å². The smallest absolute Gasteiger partial charge is 0.267 e. The molecule has 0 saturated heterocycles. The molecule has 212 valence electrons. The molecule has 0 bridgehead atoms. The molecular formula is C29H22FN5O5S2. The number of hydrazone groups is 1. The van der Waals surface area contributed by atoms with Crippen molar-refractivity contribution in [2.45, 2.75) is 11.4 Å². The summed E-state index contributed by atoms with van der Waals surface area (Å²) in [6.07, 6.45) is 1.34. The molecule has 0 aliphatic carbocycles. The van der Waals surface area contributed by atoms with Crippen LogP contribution in [0, 0.1) is 15.9 Å². The number of anilines is 1. The molecule has 5 rings (SSSR count). The van der Waals surface area contributed by atoms with Gasteiger partial charge in [-0.15, -0.1) is 0 Å². The fourth-order valence-corrected chi connectivity index (χ4v) is 6.08. The number of non-ortho nitro benzene ring substituents is 1. The van der Waals surface area contributed by atoms with Gasteiger partial charge < -0.3 is 0 Å². The number of nitro benzene ring substituents is 1. The number of thiazole rings is 1. The molecule has 0 unspecified atom stereocenters. The van der Waals surface area contributed by atoms with Gasteiger partial charge in [-0.05, 0) is 65.7 Å². The van der Waals surface area contributed by atoms with E-state index in [-0.39, 0.29) is 27.8 Å². The molecule has 1 heterocycles. The van der Waals surface area contributed by atoms with Crippen LogP contribution in [0.25, 0.3) is 10.2 Å². The fraction of sp³-hybridized carbons (Fsp3) is 0.0690. The number of amides is 1. The fourth-order valence-electron chi connectivity index (χ4n) is 3.97. The van der Waals surface area contributed by atoms with Gasteiger partial charge >= 0.3 is 0 Å². The van der Waals surface area contributed by atoms with Crippen molar-refractivity contribution in [2.75, 3.05) is 12.1 Å². The zero-order chi connectivity index (χ0) is 29.9. The minimum atomic E-state index is -3.84. The number of rotatable bonds is 9. The second-order valence-electron chi connectivity index (χ2n) is 9.09. The first-order chi connectivity index (χ1) is 20.1. The lowest BCUT2D eigenvalue weighted by atomic mass is 10.2. The first-order valence-electron chi connectivity index (χ1n) is 12.4. The molecule has 13 heteroatoms. The van der Waals surface area contributed by atoms with Crippen molar-refractivity contribution in [3.8, 4) is 0 Å². The van der Waals surface area contributed by atoms with E-state index in [1.807, 2.05) is 30.3 Å². The van der Waals surface area contributed by atoms with Gasteiger partial charge in [0.15, 0.2) is 0 Å². The Hall–Kier alpha value is -4.85.